The molecule has 0 saturated carbocycles. The van der Waals surface area contributed by atoms with Gasteiger partial charge in [0.2, 0.25) is 0 Å². The highest BCUT2D eigenvalue weighted by atomic mass is 35.5. The maximum absolute atomic E-state index is 11.7. The van der Waals surface area contributed by atoms with Crippen molar-refractivity contribution >= 4 is 34.3 Å². The van der Waals surface area contributed by atoms with Gasteiger partial charge in [0, 0.05) is 17.1 Å². The standard InChI is InChI=1S/C13H15ClN2O2/c1-13(2,3)18-12(17)16-10-6-4-5-9-11(10)8(14)7-15-9/h4-7,15H,1-3H3,(H,16,17). The van der Waals surface area contributed by atoms with Gasteiger partial charge in [0.25, 0.3) is 0 Å². The summed E-state index contributed by atoms with van der Waals surface area (Å²) in [5.74, 6) is 0. The van der Waals surface area contributed by atoms with Crippen molar-refractivity contribution in [3.63, 3.8) is 0 Å². The quantitative estimate of drug-likeness (QED) is 0.814. The first-order chi connectivity index (χ1) is 8.37. The fourth-order valence-corrected chi connectivity index (χ4v) is 1.92. The zero-order valence-electron chi connectivity index (χ0n) is 10.5. The summed E-state index contributed by atoms with van der Waals surface area (Å²) in [5, 5.41) is 4.05. The van der Waals surface area contributed by atoms with E-state index in [4.69, 9.17) is 16.3 Å². The molecule has 2 N–H and O–H groups in total. The predicted molar refractivity (Wildman–Crippen MR) is 73.2 cm³/mol. The van der Waals surface area contributed by atoms with Crippen molar-refractivity contribution in [1.29, 1.82) is 0 Å². The van der Waals surface area contributed by atoms with E-state index in [1.165, 1.54) is 0 Å². The molecular formula is C13H15ClN2O2. The third-order valence-corrected chi connectivity index (χ3v) is 2.59. The van der Waals surface area contributed by atoms with E-state index in [2.05, 4.69) is 10.3 Å². The lowest BCUT2D eigenvalue weighted by molar-refractivity contribution is 0.0636. The Balaban J connectivity index is 2.27. The van der Waals surface area contributed by atoms with Gasteiger partial charge < -0.3 is 9.72 Å². The van der Waals surface area contributed by atoms with Crippen molar-refractivity contribution in [3.05, 3.63) is 29.4 Å². The van der Waals surface area contributed by atoms with Gasteiger partial charge in [-0.3, -0.25) is 5.32 Å². The van der Waals surface area contributed by atoms with Gasteiger partial charge in [0.05, 0.1) is 10.7 Å². The van der Waals surface area contributed by atoms with Crippen molar-refractivity contribution < 1.29 is 9.53 Å². The summed E-state index contributed by atoms with van der Waals surface area (Å²) in [6.45, 7) is 5.45. The smallest absolute Gasteiger partial charge is 0.412 e. The monoisotopic (exact) mass is 266 g/mol. The first-order valence-corrected chi connectivity index (χ1v) is 6.00. The summed E-state index contributed by atoms with van der Waals surface area (Å²) in [5.41, 5.74) is 0.974. The lowest BCUT2D eigenvalue weighted by Crippen LogP contribution is -2.27. The Morgan fingerprint density at radius 3 is 2.78 bits per heavy atom. The molecule has 0 atom stereocenters. The second kappa shape index (κ2) is 4.53. The largest absolute Gasteiger partial charge is 0.444 e. The number of hydrogen-bond acceptors (Lipinski definition) is 2. The number of halogens is 1. The Kier molecular flexibility index (Phi) is 3.22. The number of carbonyl (C=O) groups excluding carboxylic acids is 1. The molecule has 1 aromatic heterocycles. The Hall–Kier alpha value is -1.68. The number of anilines is 1. The van der Waals surface area contributed by atoms with Crippen molar-refractivity contribution in [2.24, 2.45) is 0 Å². The van der Waals surface area contributed by atoms with Crippen molar-refractivity contribution in [1.82, 2.24) is 4.98 Å². The van der Waals surface area contributed by atoms with Crippen molar-refractivity contribution in [2.75, 3.05) is 5.32 Å². The molecule has 18 heavy (non-hydrogen) atoms. The number of carbonyl (C=O) groups is 1. The van der Waals surface area contributed by atoms with Gasteiger partial charge in [-0.15, -0.1) is 0 Å². The lowest BCUT2D eigenvalue weighted by atomic mass is 10.2. The minimum Gasteiger partial charge on any atom is -0.444 e. The van der Waals surface area contributed by atoms with Crippen LogP contribution in [0.5, 0.6) is 0 Å². The van der Waals surface area contributed by atoms with Gasteiger partial charge in [0.15, 0.2) is 0 Å². The van der Waals surface area contributed by atoms with Crippen LogP contribution >= 0.6 is 11.6 Å². The topological polar surface area (TPSA) is 54.1 Å². The van der Waals surface area contributed by atoms with Crippen LogP contribution in [0.3, 0.4) is 0 Å². The number of aromatic nitrogens is 1. The second-order valence-corrected chi connectivity index (χ2v) is 5.40. The molecule has 0 saturated heterocycles. The molecule has 2 rings (SSSR count). The maximum atomic E-state index is 11.7. The number of nitrogens with one attached hydrogen (secondary N) is 2. The molecule has 0 fully saturated rings. The normalized spacial score (nSPS) is 11.6. The minimum atomic E-state index is -0.528. The van der Waals surface area contributed by atoms with Gasteiger partial charge in [-0.05, 0) is 32.9 Å². The number of rotatable bonds is 1. The zero-order valence-corrected chi connectivity index (χ0v) is 11.3. The third-order valence-electron chi connectivity index (χ3n) is 2.29. The molecule has 1 heterocycles. The van der Waals surface area contributed by atoms with Crippen molar-refractivity contribution in [3.8, 4) is 0 Å². The van der Waals surface area contributed by atoms with Gasteiger partial charge in [-0.1, -0.05) is 17.7 Å². The zero-order chi connectivity index (χ0) is 13.3. The molecule has 0 aliphatic rings. The Bertz CT molecular complexity index is 584. The van der Waals surface area contributed by atoms with E-state index in [9.17, 15) is 4.79 Å². The summed E-state index contributed by atoms with van der Waals surface area (Å²) >= 11 is 6.07. The molecule has 96 valence electrons. The molecule has 0 aliphatic heterocycles. The van der Waals surface area contributed by atoms with Gasteiger partial charge in [0.1, 0.15) is 5.60 Å². The summed E-state index contributed by atoms with van der Waals surface area (Å²) in [6.07, 6.45) is 1.19. The number of hydrogen-bond donors (Lipinski definition) is 2. The number of fused-ring (bicyclic) bond motifs is 1. The number of benzene rings is 1. The highest BCUT2D eigenvalue weighted by molar-refractivity contribution is 6.36. The van der Waals surface area contributed by atoms with Crippen LogP contribution in [0, 0.1) is 0 Å². The van der Waals surface area contributed by atoms with Crippen LogP contribution in [-0.2, 0) is 4.74 Å². The molecule has 0 aliphatic carbocycles. The van der Waals surface area contributed by atoms with Crippen LogP contribution < -0.4 is 5.32 Å². The van der Waals surface area contributed by atoms with Gasteiger partial charge >= 0.3 is 6.09 Å². The van der Waals surface area contributed by atoms with Crippen molar-refractivity contribution in [2.45, 2.75) is 26.4 Å². The molecule has 1 amide bonds. The molecule has 5 heteroatoms. The highest BCUT2D eigenvalue weighted by Crippen LogP contribution is 2.30. The van der Waals surface area contributed by atoms with E-state index in [-0.39, 0.29) is 0 Å². The number of ether oxygens (including phenoxy) is 1. The summed E-state index contributed by atoms with van der Waals surface area (Å²) < 4.78 is 5.20. The Morgan fingerprint density at radius 1 is 1.39 bits per heavy atom. The van der Waals surface area contributed by atoms with Crippen LogP contribution in [0.15, 0.2) is 24.4 Å². The van der Waals surface area contributed by atoms with E-state index >= 15 is 0 Å². The maximum Gasteiger partial charge on any atom is 0.412 e. The van der Waals surface area contributed by atoms with Crippen LogP contribution in [0.2, 0.25) is 5.02 Å². The Labute approximate surface area is 110 Å². The average molecular weight is 267 g/mol. The van der Waals surface area contributed by atoms with E-state index in [1.807, 2.05) is 32.9 Å². The SMILES string of the molecule is CC(C)(C)OC(=O)Nc1cccc2[nH]cc(Cl)c12. The fourth-order valence-electron chi connectivity index (χ4n) is 1.66. The van der Waals surface area contributed by atoms with Gasteiger partial charge in [-0.2, -0.15) is 0 Å². The van der Waals surface area contributed by atoms with Crippen LogP contribution in [0.4, 0.5) is 10.5 Å². The van der Waals surface area contributed by atoms with Crippen LogP contribution in [0.1, 0.15) is 20.8 Å². The predicted octanol–water partition coefficient (Wildman–Crippen LogP) is 4.17. The lowest BCUT2D eigenvalue weighted by Gasteiger charge is -2.19. The van der Waals surface area contributed by atoms with Gasteiger partial charge in [-0.25, -0.2) is 4.79 Å². The number of aromatic amines is 1. The van der Waals surface area contributed by atoms with Crippen LogP contribution in [-0.4, -0.2) is 16.7 Å². The highest BCUT2D eigenvalue weighted by Gasteiger charge is 2.17. The molecule has 0 radical (unpaired) electrons. The van der Waals surface area contributed by atoms with Crippen LogP contribution in [0.25, 0.3) is 10.9 Å². The van der Waals surface area contributed by atoms with E-state index in [0.717, 1.165) is 10.9 Å². The second-order valence-electron chi connectivity index (χ2n) is 4.99. The first kappa shape index (κ1) is 12.8. The van der Waals surface area contributed by atoms with E-state index in [0.29, 0.717) is 10.7 Å². The molecule has 0 bridgehead atoms. The molecule has 1 aromatic carbocycles. The summed E-state index contributed by atoms with van der Waals surface area (Å²) in [4.78, 5) is 14.7. The number of H-pyrrole nitrogens is 1. The van der Waals surface area contributed by atoms with E-state index < -0.39 is 11.7 Å². The van der Waals surface area contributed by atoms with E-state index in [1.54, 1.807) is 12.3 Å². The average Bonchev–Trinajstić information content (AvgIpc) is 2.58. The first-order valence-electron chi connectivity index (χ1n) is 5.62. The minimum absolute atomic E-state index is 0.493. The number of amides is 1. The molecule has 4 nitrogen and oxygen atoms in total. The molecule has 2 aromatic rings. The molecular weight excluding hydrogens is 252 g/mol. The summed E-state index contributed by atoms with van der Waals surface area (Å²) in [7, 11) is 0. The Morgan fingerprint density at radius 2 is 2.11 bits per heavy atom. The fraction of sp³-hybridized carbons (Fsp3) is 0.308. The summed E-state index contributed by atoms with van der Waals surface area (Å²) in [6, 6.07) is 5.51. The molecule has 0 unspecified atom stereocenters. The molecule has 0 spiro atoms. The third kappa shape index (κ3) is 2.76.